The highest BCUT2D eigenvalue weighted by Crippen LogP contribution is 2.20. The largest absolute Gasteiger partial charge is 0.381 e. The van der Waals surface area contributed by atoms with Crippen molar-refractivity contribution in [1.82, 2.24) is 9.97 Å². The van der Waals surface area contributed by atoms with Gasteiger partial charge in [0.25, 0.3) is 5.91 Å². The minimum absolute atomic E-state index is 0.0569. The number of nitrogens with one attached hydrogen (secondary N) is 2. The minimum atomic E-state index is -0.542. The van der Waals surface area contributed by atoms with Crippen molar-refractivity contribution in [1.29, 1.82) is 0 Å². The molecule has 5 nitrogen and oxygen atoms in total. The van der Waals surface area contributed by atoms with Gasteiger partial charge in [-0.1, -0.05) is 11.6 Å². The van der Waals surface area contributed by atoms with Crippen molar-refractivity contribution < 1.29 is 9.18 Å². The molecule has 2 heterocycles. The van der Waals surface area contributed by atoms with E-state index in [-0.39, 0.29) is 10.7 Å². The molecule has 0 saturated heterocycles. The highest BCUT2D eigenvalue weighted by atomic mass is 35.5. The van der Waals surface area contributed by atoms with Crippen molar-refractivity contribution in [3.63, 3.8) is 0 Å². The van der Waals surface area contributed by atoms with E-state index in [0.717, 1.165) is 11.3 Å². The molecule has 0 aliphatic carbocycles. The Kier molecular flexibility index (Phi) is 5.20. The molecule has 1 aromatic carbocycles. The van der Waals surface area contributed by atoms with E-state index in [1.165, 1.54) is 18.2 Å². The number of carbonyl (C=O) groups is 1. The van der Waals surface area contributed by atoms with Gasteiger partial charge in [0, 0.05) is 36.5 Å². The van der Waals surface area contributed by atoms with Crippen LogP contribution in [-0.2, 0) is 6.54 Å². The molecule has 3 aromatic rings. The van der Waals surface area contributed by atoms with E-state index >= 15 is 0 Å². The number of amides is 1. The Bertz CT molecular complexity index is 889. The zero-order chi connectivity index (χ0) is 17.6. The van der Waals surface area contributed by atoms with Gasteiger partial charge in [0.1, 0.15) is 11.5 Å². The summed E-state index contributed by atoms with van der Waals surface area (Å²) in [5, 5.41) is 5.80. The molecule has 126 valence electrons. The number of rotatable bonds is 5. The Morgan fingerprint density at radius 3 is 2.60 bits per heavy atom. The van der Waals surface area contributed by atoms with E-state index in [1.54, 1.807) is 30.7 Å². The second kappa shape index (κ2) is 7.72. The molecule has 0 fully saturated rings. The summed E-state index contributed by atoms with van der Waals surface area (Å²) in [6.07, 6.45) is 4.98. The lowest BCUT2D eigenvalue weighted by molar-refractivity contribution is 0.102. The second-order valence-electron chi connectivity index (χ2n) is 5.22. The van der Waals surface area contributed by atoms with Crippen LogP contribution < -0.4 is 10.6 Å². The predicted molar refractivity (Wildman–Crippen MR) is 95.2 cm³/mol. The molecule has 0 unspecified atom stereocenters. The maximum atomic E-state index is 13.2. The standard InChI is InChI=1S/C18H14ClFN4O/c19-15-9-14(1-2-16(15)20)24-18(25)17-10-13(5-8-22-17)23-11-12-3-6-21-7-4-12/h1-10H,11H2,(H,22,23)(H,24,25). The Labute approximate surface area is 148 Å². The van der Waals surface area contributed by atoms with Crippen molar-refractivity contribution in [3.05, 3.63) is 83.2 Å². The molecule has 1 amide bonds. The van der Waals surface area contributed by atoms with Gasteiger partial charge in [0.15, 0.2) is 0 Å². The smallest absolute Gasteiger partial charge is 0.274 e. The number of aromatic nitrogens is 2. The lowest BCUT2D eigenvalue weighted by Crippen LogP contribution is -2.14. The van der Waals surface area contributed by atoms with E-state index < -0.39 is 11.7 Å². The lowest BCUT2D eigenvalue weighted by atomic mass is 10.2. The summed E-state index contributed by atoms with van der Waals surface area (Å²) in [5.41, 5.74) is 2.46. The van der Waals surface area contributed by atoms with Crippen LogP contribution in [0.3, 0.4) is 0 Å². The van der Waals surface area contributed by atoms with Crippen LogP contribution in [0.4, 0.5) is 15.8 Å². The molecule has 2 N–H and O–H groups in total. The third kappa shape index (κ3) is 4.51. The summed E-state index contributed by atoms with van der Waals surface area (Å²) < 4.78 is 13.2. The third-order valence-electron chi connectivity index (χ3n) is 3.42. The fourth-order valence-corrected chi connectivity index (χ4v) is 2.32. The van der Waals surface area contributed by atoms with Crippen LogP contribution in [0.5, 0.6) is 0 Å². The van der Waals surface area contributed by atoms with Gasteiger partial charge in [-0.2, -0.15) is 0 Å². The molecule has 2 aromatic heterocycles. The summed E-state index contributed by atoms with van der Waals surface area (Å²) in [4.78, 5) is 20.3. The quantitative estimate of drug-likeness (QED) is 0.721. The Hall–Kier alpha value is -2.99. The molecule has 0 spiro atoms. The number of halogens is 2. The molecule has 0 aliphatic heterocycles. The first-order valence-electron chi connectivity index (χ1n) is 7.47. The van der Waals surface area contributed by atoms with Crippen LogP contribution in [0.15, 0.2) is 61.1 Å². The van der Waals surface area contributed by atoms with E-state index in [1.807, 2.05) is 12.1 Å². The van der Waals surface area contributed by atoms with Gasteiger partial charge >= 0.3 is 0 Å². The first-order chi connectivity index (χ1) is 12.1. The number of nitrogens with zero attached hydrogens (tertiary/aromatic N) is 2. The highest BCUT2D eigenvalue weighted by molar-refractivity contribution is 6.31. The summed E-state index contributed by atoms with van der Waals surface area (Å²) in [6, 6.07) is 11.2. The second-order valence-corrected chi connectivity index (χ2v) is 5.63. The van der Waals surface area contributed by atoms with Gasteiger partial charge in [-0.15, -0.1) is 0 Å². The number of pyridine rings is 2. The summed E-state index contributed by atoms with van der Waals surface area (Å²) in [6.45, 7) is 0.598. The van der Waals surface area contributed by atoms with Gasteiger partial charge in [-0.3, -0.25) is 14.8 Å². The number of hydrogen-bond acceptors (Lipinski definition) is 4. The highest BCUT2D eigenvalue weighted by Gasteiger charge is 2.10. The maximum absolute atomic E-state index is 13.2. The molecule has 25 heavy (non-hydrogen) atoms. The Morgan fingerprint density at radius 2 is 1.84 bits per heavy atom. The van der Waals surface area contributed by atoms with Crippen LogP contribution >= 0.6 is 11.6 Å². The van der Waals surface area contributed by atoms with Crippen molar-refractivity contribution in [2.24, 2.45) is 0 Å². The van der Waals surface area contributed by atoms with E-state index in [2.05, 4.69) is 20.6 Å². The molecule has 0 atom stereocenters. The van der Waals surface area contributed by atoms with Crippen LogP contribution in [0.2, 0.25) is 5.02 Å². The average Bonchev–Trinajstić information content (AvgIpc) is 2.64. The number of carbonyl (C=O) groups excluding carboxylic acids is 1. The third-order valence-corrected chi connectivity index (χ3v) is 3.71. The van der Waals surface area contributed by atoms with Gasteiger partial charge < -0.3 is 10.6 Å². The Balaban J connectivity index is 1.67. The molecular weight excluding hydrogens is 343 g/mol. The van der Waals surface area contributed by atoms with E-state index in [9.17, 15) is 9.18 Å². The SMILES string of the molecule is O=C(Nc1ccc(F)c(Cl)c1)c1cc(NCc2ccncc2)ccn1. The van der Waals surface area contributed by atoms with Crippen molar-refractivity contribution >= 4 is 28.9 Å². The molecule has 0 radical (unpaired) electrons. The molecule has 3 rings (SSSR count). The maximum Gasteiger partial charge on any atom is 0.274 e. The molecular formula is C18H14ClFN4O. The molecule has 7 heteroatoms. The van der Waals surface area contributed by atoms with Gasteiger partial charge in [0.2, 0.25) is 0 Å². The Morgan fingerprint density at radius 1 is 1.04 bits per heavy atom. The van der Waals surface area contributed by atoms with Crippen LogP contribution in [0.25, 0.3) is 0 Å². The van der Waals surface area contributed by atoms with E-state index in [0.29, 0.717) is 12.2 Å². The zero-order valence-electron chi connectivity index (χ0n) is 13.0. The number of hydrogen-bond donors (Lipinski definition) is 2. The van der Waals surface area contributed by atoms with Gasteiger partial charge in [0.05, 0.1) is 5.02 Å². The van der Waals surface area contributed by atoms with Crippen LogP contribution in [-0.4, -0.2) is 15.9 Å². The van der Waals surface area contributed by atoms with Crippen molar-refractivity contribution in [3.8, 4) is 0 Å². The summed E-state index contributed by atoms with van der Waals surface area (Å²) in [7, 11) is 0. The fourth-order valence-electron chi connectivity index (χ4n) is 2.14. The summed E-state index contributed by atoms with van der Waals surface area (Å²) >= 11 is 5.71. The summed E-state index contributed by atoms with van der Waals surface area (Å²) in [5.74, 6) is -0.949. The molecule has 0 bridgehead atoms. The minimum Gasteiger partial charge on any atom is -0.381 e. The number of benzene rings is 1. The van der Waals surface area contributed by atoms with Crippen LogP contribution in [0.1, 0.15) is 16.1 Å². The zero-order valence-corrected chi connectivity index (χ0v) is 13.8. The monoisotopic (exact) mass is 356 g/mol. The fraction of sp³-hybridized carbons (Fsp3) is 0.0556. The predicted octanol–water partition coefficient (Wildman–Crippen LogP) is 4.13. The molecule has 0 aliphatic rings. The van der Waals surface area contributed by atoms with Crippen LogP contribution in [0, 0.1) is 5.82 Å². The van der Waals surface area contributed by atoms with Gasteiger partial charge in [-0.25, -0.2) is 4.39 Å². The lowest BCUT2D eigenvalue weighted by Gasteiger charge is -2.09. The normalized spacial score (nSPS) is 10.3. The van der Waals surface area contributed by atoms with Gasteiger partial charge in [-0.05, 0) is 48.0 Å². The first-order valence-corrected chi connectivity index (χ1v) is 7.85. The first kappa shape index (κ1) is 16.9. The topological polar surface area (TPSA) is 66.9 Å². The van der Waals surface area contributed by atoms with Crippen molar-refractivity contribution in [2.45, 2.75) is 6.54 Å². The van der Waals surface area contributed by atoms with E-state index in [4.69, 9.17) is 11.6 Å². The molecule has 0 saturated carbocycles. The average molecular weight is 357 g/mol. The van der Waals surface area contributed by atoms with Crippen molar-refractivity contribution in [2.75, 3.05) is 10.6 Å². The number of anilines is 2.